The number of ether oxygens (including phenoxy) is 1. The summed E-state index contributed by atoms with van der Waals surface area (Å²) in [5, 5.41) is 20.3. The van der Waals surface area contributed by atoms with Gasteiger partial charge in [-0.3, -0.25) is 15.1 Å². The summed E-state index contributed by atoms with van der Waals surface area (Å²) < 4.78 is 5.27. The highest BCUT2D eigenvalue weighted by atomic mass is 35.5. The lowest BCUT2D eigenvalue weighted by Gasteiger charge is -2.08. The summed E-state index contributed by atoms with van der Waals surface area (Å²) in [4.78, 5) is 25.1. The molecule has 1 aromatic heterocycles. The van der Waals surface area contributed by atoms with Gasteiger partial charge in [-0.25, -0.2) is 4.79 Å². The zero-order valence-electron chi connectivity index (χ0n) is 9.82. The molecule has 0 unspecified atom stereocenters. The molecule has 0 saturated carbocycles. The molecule has 0 aliphatic carbocycles. The lowest BCUT2D eigenvalue weighted by Crippen LogP contribution is -2.03. The molecular weight excluding hydrogens is 288 g/mol. The molecule has 0 aliphatic heterocycles. The van der Waals surface area contributed by atoms with Crippen LogP contribution in [0, 0.1) is 10.1 Å². The third-order valence-electron chi connectivity index (χ3n) is 2.32. The van der Waals surface area contributed by atoms with Crippen LogP contribution in [-0.4, -0.2) is 21.0 Å². The number of rotatable bonds is 4. The Morgan fingerprint density at radius 3 is 2.75 bits per heavy atom. The molecule has 0 amide bonds. The highest BCUT2D eigenvalue weighted by Gasteiger charge is 2.23. The van der Waals surface area contributed by atoms with Gasteiger partial charge in [0, 0.05) is 18.3 Å². The number of nitro groups is 1. The summed E-state index contributed by atoms with van der Waals surface area (Å²) in [5.41, 5.74) is -0.774. The minimum Gasteiger partial charge on any atom is -0.478 e. The largest absolute Gasteiger partial charge is 0.478 e. The van der Waals surface area contributed by atoms with Crippen molar-refractivity contribution in [3.8, 4) is 11.5 Å². The third kappa shape index (κ3) is 2.83. The van der Waals surface area contributed by atoms with Crippen molar-refractivity contribution in [2.75, 3.05) is 0 Å². The number of carboxylic acid groups (broad SMARTS) is 1. The van der Waals surface area contributed by atoms with Crippen molar-refractivity contribution in [3.63, 3.8) is 0 Å². The maximum absolute atomic E-state index is 11.1. The number of pyridine rings is 1. The van der Waals surface area contributed by atoms with E-state index in [1.165, 1.54) is 30.6 Å². The Morgan fingerprint density at radius 1 is 1.40 bits per heavy atom. The zero-order valence-corrected chi connectivity index (χ0v) is 10.6. The number of carbonyl (C=O) groups is 1. The second-order valence-electron chi connectivity index (χ2n) is 3.66. The van der Waals surface area contributed by atoms with Gasteiger partial charge >= 0.3 is 11.7 Å². The average molecular weight is 295 g/mol. The van der Waals surface area contributed by atoms with Crippen LogP contribution in [0.1, 0.15) is 10.4 Å². The van der Waals surface area contributed by atoms with Gasteiger partial charge < -0.3 is 9.84 Å². The van der Waals surface area contributed by atoms with Crippen LogP contribution in [0.2, 0.25) is 5.02 Å². The molecule has 0 saturated heterocycles. The van der Waals surface area contributed by atoms with Crippen molar-refractivity contribution in [1.29, 1.82) is 0 Å². The molecule has 1 N–H and O–H groups in total. The highest BCUT2D eigenvalue weighted by Crippen LogP contribution is 2.35. The topological polar surface area (TPSA) is 103 Å². The quantitative estimate of drug-likeness (QED) is 0.686. The Balaban J connectivity index is 2.53. The Kier molecular flexibility index (Phi) is 3.81. The number of nitrogens with zero attached hydrogens (tertiary/aromatic N) is 2. The fourth-order valence-corrected chi connectivity index (χ4v) is 1.67. The molecule has 20 heavy (non-hydrogen) atoms. The van der Waals surface area contributed by atoms with E-state index in [0.29, 0.717) is 0 Å². The molecule has 0 aliphatic rings. The molecular formula is C12H7ClN2O5. The van der Waals surface area contributed by atoms with Crippen LogP contribution in [0.4, 0.5) is 5.69 Å². The van der Waals surface area contributed by atoms with Gasteiger partial charge in [-0.1, -0.05) is 17.7 Å². The van der Waals surface area contributed by atoms with Crippen molar-refractivity contribution in [2.24, 2.45) is 0 Å². The van der Waals surface area contributed by atoms with Crippen LogP contribution in [-0.2, 0) is 0 Å². The van der Waals surface area contributed by atoms with E-state index in [9.17, 15) is 14.9 Å². The van der Waals surface area contributed by atoms with Gasteiger partial charge in [0.1, 0.15) is 11.3 Å². The first-order valence-electron chi connectivity index (χ1n) is 5.28. The Bertz CT molecular complexity index is 657. The van der Waals surface area contributed by atoms with Gasteiger partial charge in [0.25, 0.3) is 0 Å². The summed E-state index contributed by atoms with van der Waals surface area (Å²) in [6.07, 6.45) is 2.63. The molecule has 7 nitrogen and oxygen atoms in total. The van der Waals surface area contributed by atoms with Gasteiger partial charge in [0.05, 0.1) is 16.1 Å². The Morgan fingerprint density at radius 2 is 2.15 bits per heavy atom. The zero-order chi connectivity index (χ0) is 14.7. The summed E-state index contributed by atoms with van der Waals surface area (Å²) >= 11 is 5.72. The van der Waals surface area contributed by atoms with E-state index in [1.807, 2.05) is 0 Å². The minimum atomic E-state index is -1.33. The van der Waals surface area contributed by atoms with E-state index in [2.05, 4.69) is 4.98 Å². The first-order chi connectivity index (χ1) is 9.49. The lowest BCUT2D eigenvalue weighted by molar-refractivity contribution is -0.385. The predicted molar refractivity (Wildman–Crippen MR) is 69.4 cm³/mol. The van der Waals surface area contributed by atoms with Gasteiger partial charge in [-0.05, 0) is 6.07 Å². The Hall–Kier alpha value is -2.67. The number of aromatic carboxylic acids is 1. The Labute approximate surface area is 117 Å². The van der Waals surface area contributed by atoms with Gasteiger partial charge in [-0.15, -0.1) is 0 Å². The van der Waals surface area contributed by atoms with E-state index in [0.717, 1.165) is 6.07 Å². The van der Waals surface area contributed by atoms with E-state index in [1.54, 1.807) is 0 Å². The molecule has 2 rings (SSSR count). The number of benzene rings is 1. The molecule has 0 bridgehead atoms. The van der Waals surface area contributed by atoms with Crippen molar-refractivity contribution in [2.45, 2.75) is 0 Å². The van der Waals surface area contributed by atoms with Crippen molar-refractivity contribution >= 4 is 23.3 Å². The average Bonchev–Trinajstić information content (AvgIpc) is 2.38. The van der Waals surface area contributed by atoms with Crippen LogP contribution in [0.3, 0.4) is 0 Å². The van der Waals surface area contributed by atoms with Crippen LogP contribution < -0.4 is 4.74 Å². The minimum absolute atomic E-state index is 0.106. The van der Waals surface area contributed by atoms with E-state index in [-0.39, 0.29) is 22.1 Å². The van der Waals surface area contributed by atoms with Crippen LogP contribution >= 0.6 is 11.6 Å². The monoisotopic (exact) mass is 294 g/mol. The van der Waals surface area contributed by atoms with Gasteiger partial charge in [-0.2, -0.15) is 0 Å². The first-order valence-corrected chi connectivity index (χ1v) is 5.66. The molecule has 0 spiro atoms. The number of aromatic nitrogens is 1. The number of para-hydroxylation sites is 1. The molecule has 0 fully saturated rings. The lowest BCUT2D eigenvalue weighted by atomic mass is 10.1. The first kappa shape index (κ1) is 13.8. The van der Waals surface area contributed by atoms with E-state index in [4.69, 9.17) is 21.4 Å². The van der Waals surface area contributed by atoms with Crippen LogP contribution in [0.25, 0.3) is 0 Å². The fourth-order valence-electron chi connectivity index (χ4n) is 1.51. The summed E-state index contributed by atoms with van der Waals surface area (Å²) in [6, 6.07) is 5.00. The standard InChI is InChI=1S/C12H7ClN2O5/c13-7-4-8(6-14-5-7)20-11-9(12(16)17)2-1-3-10(11)15(18)19/h1-6H,(H,16,17). The maximum Gasteiger partial charge on any atom is 0.339 e. The van der Waals surface area contributed by atoms with Gasteiger partial charge in [0.15, 0.2) is 0 Å². The second kappa shape index (κ2) is 5.54. The van der Waals surface area contributed by atoms with E-state index < -0.39 is 16.6 Å². The predicted octanol–water partition coefficient (Wildman–Crippen LogP) is 3.13. The molecule has 8 heteroatoms. The number of nitro benzene ring substituents is 1. The molecule has 102 valence electrons. The number of hydrogen-bond donors (Lipinski definition) is 1. The normalized spacial score (nSPS) is 10.1. The summed E-state index contributed by atoms with van der Waals surface area (Å²) in [7, 11) is 0. The number of hydrogen-bond acceptors (Lipinski definition) is 5. The van der Waals surface area contributed by atoms with Crippen molar-refractivity contribution in [3.05, 3.63) is 57.4 Å². The smallest absolute Gasteiger partial charge is 0.339 e. The molecule has 1 aromatic carbocycles. The number of halogens is 1. The fraction of sp³-hybridized carbons (Fsp3) is 0. The third-order valence-corrected chi connectivity index (χ3v) is 2.53. The van der Waals surface area contributed by atoms with Crippen LogP contribution in [0.15, 0.2) is 36.7 Å². The summed E-state index contributed by atoms with van der Waals surface area (Å²) in [5.74, 6) is -1.60. The molecule has 2 aromatic rings. The van der Waals surface area contributed by atoms with Crippen LogP contribution in [0.5, 0.6) is 11.5 Å². The molecule has 1 heterocycles. The maximum atomic E-state index is 11.1. The van der Waals surface area contributed by atoms with Gasteiger partial charge in [0.2, 0.25) is 5.75 Å². The van der Waals surface area contributed by atoms with Crippen molar-refractivity contribution < 1.29 is 19.6 Å². The highest BCUT2D eigenvalue weighted by molar-refractivity contribution is 6.30. The van der Waals surface area contributed by atoms with Crippen molar-refractivity contribution in [1.82, 2.24) is 4.98 Å². The summed E-state index contributed by atoms with van der Waals surface area (Å²) in [6.45, 7) is 0. The number of carboxylic acids is 1. The molecule has 0 radical (unpaired) electrons. The van der Waals surface area contributed by atoms with E-state index >= 15 is 0 Å². The second-order valence-corrected chi connectivity index (χ2v) is 4.09. The molecule has 0 atom stereocenters. The SMILES string of the molecule is O=C(O)c1cccc([N+](=O)[O-])c1Oc1cncc(Cl)c1.